The van der Waals surface area contributed by atoms with E-state index < -0.39 is 17.2 Å². The molecular weight excluding hydrogens is 554 g/mol. The summed E-state index contributed by atoms with van der Waals surface area (Å²) < 4.78 is 5.61. The zero-order valence-electron chi connectivity index (χ0n) is 24.8. The summed E-state index contributed by atoms with van der Waals surface area (Å²) in [6.45, 7) is 9.55. The Kier molecular flexibility index (Phi) is 9.22. The SMILES string of the molecule is CC(C)(C)OC(=O)NC1(C(=O)N[C@@H](CCN2CCCCC2)c2ccc(Cl)cc2)CCN(c2ncnc3[nH]ccc23)CC1. The molecule has 0 radical (unpaired) electrons. The van der Waals surface area contributed by atoms with E-state index in [0.717, 1.165) is 48.5 Å². The highest BCUT2D eigenvalue weighted by Gasteiger charge is 2.45. The van der Waals surface area contributed by atoms with Gasteiger partial charge in [0.2, 0.25) is 5.91 Å². The number of nitrogens with zero attached hydrogens (tertiary/aromatic N) is 4. The van der Waals surface area contributed by atoms with Gasteiger partial charge in [-0.25, -0.2) is 14.8 Å². The summed E-state index contributed by atoms with van der Waals surface area (Å²) in [6.07, 6.45) is 8.02. The smallest absolute Gasteiger partial charge is 0.408 e. The molecule has 10 nitrogen and oxygen atoms in total. The number of carbonyl (C=O) groups excluding carboxylic acids is 2. The predicted molar refractivity (Wildman–Crippen MR) is 165 cm³/mol. The van der Waals surface area contributed by atoms with Gasteiger partial charge >= 0.3 is 6.09 Å². The second-order valence-electron chi connectivity index (χ2n) is 12.4. The molecule has 2 aromatic heterocycles. The Morgan fingerprint density at radius 1 is 1.05 bits per heavy atom. The molecular formula is C31H42ClN7O3. The number of fused-ring (bicyclic) bond motifs is 1. The largest absolute Gasteiger partial charge is 0.444 e. The van der Waals surface area contributed by atoms with E-state index in [-0.39, 0.29) is 11.9 Å². The molecule has 0 spiro atoms. The monoisotopic (exact) mass is 595 g/mol. The van der Waals surface area contributed by atoms with E-state index in [1.54, 1.807) is 6.33 Å². The maximum Gasteiger partial charge on any atom is 0.408 e. The van der Waals surface area contributed by atoms with E-state index in [4.69, 9.17) is 16.3 Å². The summed E-state index contributed by atoms with van der Waals surface area (Å²) in [5, 5.41) is 7.89. The van der Waals surface area contributed by atoms with Crippen molar-refractivity contribution in [2.75, 3.05) is 37.6 Å². The molecule has 0 aliphatic carbocycles. The fraction of sp³-hybridized carbons (Fsp3) is 0.548. The third-order valence-electron chi connectivity index (χ3n) is 8.18. The van der Waals surface area contributed by atoms with Crippen LogP contribution in [0.15, 0.2) is 42.9 Å². The molecule has 0 bridgehead atoms. The number of anilines is 1. The van der Waals surface area contributed by atoms with Gasteiger partial charge in [-0.15, -0.1) is 0 Å². The van der Waals surface area contributed by atoms with E-state index in [1.807, 2.05) is 57.3 Å². The van der Waals surface area contributed by atoms with Crippen molar-refractivity contribution >= 4 is 40.5 Å². The minimum absolute atomic E-state index is 0.207. The van der Waals surface area contributed by atoms with E-state index >= 15 is 0 Å². The minimum atomic E-state index is -1.14. The average Bonchev–Trinajstić information content (AvgIpc) is 3.45. The first-order chi connectivity index (χ1) is 20.1. The van der Waals surface area contributed by atoms with Crippen LogP contribution >= 0.6 is 11.6 Å². The van der Waals surface area contributed by atoms with Crippen LogP contribution in [0, 0.1) is 0 Å². The van der Waals surface area contributed by atoms with Crippen molar-refractivity contribution in [3.63, 3.8) is 0 Å². The van der Waals surface area contributed by atoms with Crippen LogP contribution in [0.5, 0.6) is 0 Å². The Balaban J connectivity index is 1.36. The summed E-state index contributed by atoms with van der Waals surface area (Å²) in [5.41, 5.74) is -0.0749. The number of hydrogen-bond donors (Lipinski definition) is 3. The van der Waals surface area contributed by atoms with Gasteiger partial charge in [-0.1, -0.05) is 30.2 Å². The standard InChI is InChI=1S/C31H42ClN7O3/c1-30(2,3)42-29(41)37-31(13-19-39(20-14-31)27-24-11-15-33-26(24)34-21-35-27)28(40)36-25(22-7-9-23(32)10-8-22)12-18-38-16-5-4-6-17-38/h7-11,15,21,25H,4-6,12-14,16-20H2,1-3H3,(H,36,40)(H,37,41)(H,33,34,35)/t25-/m0/s1. The van der Waals surface area contributed by atoms with Gasteiger partial charge in [0.05, 0.1) is 11.4 Å². The molecule has 3 N–H and O–H groups in total. The maximum absolute atomic E-state index is 14.3. The first kappa shape index (κ1) is 30.1. The Labute approximate surface area is 252 Å². The topological polar surface area (TPSA) is 115 Å². The fourth-order valence-electron chi connectivity index (χ4n) is 5.93. The van der Waals surface area contributed by atoms with Crippen LogP contribution in [0.25, 0.3) is 11.0 Å². The van der Waals surface area contributed by atoms with E-state index in [0.29, 0.717) is 31.0 Å². The van der Waals surface area contributed by atoms with Crippen molar-refractivity contribution in [2.45, 2.75) is 76.5 Å². The minimum Gasteiger partial charge on any atom is -0.444 e. The highest BCUT2D eigenvalue weighted by Crippen LogP contribution is 2.31. The first-order valence-corrected chi connectivity index (χ1v) is 15.3. The van der Waals surface area contributed by atoms with Crippen molar-refractivity contribution in [1.82, 2.24) is 30.5 Å². The molecule has 0 saturated carbocycles. The van der Waals surface area contributed by atoms with Gasteiger partial charge < -0.3 is 30.2 Å². The van der Waals surface area contributed by atoms with Gasteiger partial charge in [0, 0.05) is 30.9 Å². The van der Waals surface area contributed by atoms with Crippen LogP contribution in [0.3, 0.4) is 0 Å². The number of aromatic nitrogens is 3. The quantitative estimate of drug-likeness (QED) is 0.327. The Morgan fingerprint density at radius 3 is 2.45 bits per heavy atom. The lowest BCUT2D eigenvalue weighted by molar-refractivity contribution is -0.129. The highest BCUT2D eigenvalue weighted by molar-refractivity contribution is 6.30. The lowest BCUT2D eigenvalue weighted by Gasteiger charge is -2.42. The second-order valence-corrected chi connectivity index (χ2v) is 12.8. The number of aromatic amines is 1. The van der Waals surface area contributed by atoms with Crippen molar-refractivity contribution in [3.05, 3.63) is 53.4 Å². The summed E-state index contributed by atoms with van der Waals surface area (Å²) in [7, 11) is 0. The van der Waals surface area contributed by atoms with E-state index in [1.165, 1.54) is 19.3 Å². The molecule has 226 valence electrons. The highest BCUT2D eigenvalue weighted by atomic mass is 35.5. The number of nitrogens with one attached hydrogen (secondary N) is 3. The number of amides is 2. The zero-order valence-corrected chi connectivity index (χ0v) is 25.5. The summed E-state index contributed by atoms with van der Waals surface area (Å²) in [4.78, 5) is 43.9. The molecule has 0 unspecified atom stereocenters. The number of hydrogen-bond acceptors (Lipinski definition) is 7. The maximum atomic E-state index is 14.3. The number of alkyl carbamates (subject to hydrolysis) is 1. The molecule has 1 aromatic carbocycles. The molecule has 2 amide bonds. The van der Waals surface area contributed by atoms with Crippen molar-refractivity contribution in [3.8, 4) is 0 Å². The van der Waals surface area contributed by atoms with Crippen LogP contribution in [-0.2, 0) is 9.53 Å². The lowest BCUT2D eigenvalue weighted by Crippen LogP contribution is -2.64. The first-order valence-electron chi connectivity index (χ1n) is 14.9. The van der Waals surface area contributed by atoms with Crippen molar-refractivity contribution in [1.29, 1.82) is 0 Å². The summed E-state index contributed by atoms with van der Waals surface area (Å²) >= 11 is 6.20. The predicted octanol–water partition coefficient (Wildman–Crippen LogP) is 5.21. The Bertz CT molecular complexity index is 1360. The second kappa shape index (κ2) is 12.9. The van der Waals surface area contributed by atoms with Gasteiger partial charge in [-0.05, 0) is 89.7 Å². The number of H-pyrrole nitrogens is 1. The van der Waals surface area contributed by atoms with E-state index in [2.05, 4.69) is 35.4 Å². The molecule has 2 aliphatic heterocycles. The number of likely N-dealkylation sites (tertiary alicyclic amines) is 1. The van der Waals surface area contributed by atoms with Gasteiger partial charge in [0.1, 0.15) is 28.9 Å². The van der Waals surface area contributed by atoms with Crippen molar-refractivity contribution in [2.24, 2.45) is 0 Å². The Morgan fingerprint density at radius 2 is 1.76 bits per heavy atom. The number of carbonyl (C=O) groups is 2. The van der Waals surface area contributed by atoms with Gasteiger partial charge in [-0.3, -0.25) is 4.79 Å². The van der Waals surface area contributed by atoms with Crippen LogP contribution in [-0.4, -0.2) is 75.7 Å². The van der Waals surface area contributed by atoms with Crippen LogP contribution in [0.1, 0.15) is 70.9 Å². The van der Waals surface area contributed by atoms with E-state index in [9.17, 15) is 9.59 Å². The number of ether oxygens (including phenoxy) is 1. The van der Waals surface area contributed by atoms with Gasteiger partial charge in [0.25, 0.3) is 0 Å². The number of halogens is 1. The molecule has 2 saturated heterocycles. The fourth-order valence-corrected chi connectivity index (χ4v) is 6.05. The Hall–Kier alpha value is -3.37. The number of piperidine rings is 2. The lowest BCUT2D eigenvalue weighted by atomic mass is 9.85. The van der Waals surface area contributed by atoms with Crippen LogP contribution in [0.2, 0.25) is 5.02 Å². The van der Waals surface area contributed by atoms with Gasteiger partial charge in [-0.2, -0.15) is 0 Å². The molecule has 3 aromatic rings. The van der Waals surface area contributed by atoms with Crippen LogP contribution in [0.4, 0.5) is 10.6 Å². The van der Waals surface area contributed by atoms with Gasteiger partial charge in [0.15, 0.2) is 0 Å². The molecule has 4 heterocycles. The number of rotatable bonds is 8. The average molecular weight is 596 g/mol. The normalized spacial score (nSPS) is 18.4. The summed E-state index contributed by atoms with van der Waals surface area (Å²) in [5.74, 6) is 0.606. The molecule has 5 rings (SSSR count). The molecule has 42 heavy (non-hydrogen) atoms. The van der Waals surface area contributed by atoms with Crippen molar-refractivity contribution < 1.29 is 14.3 Å². The third kappa shape index (κ3) is 7.33. The molecule has 1 atom stereocenters. The summed E-state index contributed by atoms with van der Waals surface area (Å²) in [6, 6.07) is 9.38. The molecule has 2 fully saturated rings. The zero-order chi connectivity index (χ0) is 29.7. The molecule has 2 aliphatic rings. The molecule has 11 heteroatoms. The third-order valence-corrected chi connectivity index (χ3v) is 8.44. The number of benzene rings is 1. The van der Waals surface area contributed by atoms with Crippen LogP contribution < -0.4 is 15.5 Å².